The van der Waals surface area contributed by atoms with Crippen molar-refractivity contribution in [1.29, 1.82) is 0 Å². The van der Waals surface area contributed by atoms with Gasteiger partial charge in [0.25, 0.3) is 5.91 Å². The maximum atomic E-state index is 13.1. The van der Waals surface area contributed by atoms with E-state index in [1.54, 1.807) is 32.9 Å². The number of nitrogens with one attached hydrogen (secondary N) is 1. The lowest BCUT2D eigenvalue weighted by Gasteiger charge is -2.28. The van der Waals surface area contributed by atoms with Crippen LogP contribution in [-0.4, -0.2) is 41.2 Å². The molecule has 9 heteroatoms. The van der Waals surface area contributed by atoms with E-state index in [9.17, 15) is 19.2 Å². The highest BCUT2D eigenvalue weighted by Crippen LogP contribution is 2.56. The summed E-state index contributed by atoms with van der Waals surface area (Å²) in [5, 5.41) is 3.15. The maximum Gasteiger partial charge on any atom is 0.330 e. The second-order valence-corrected chi connectivity index (χ2v) is 10.5. The molecule has 0 radical (unpaired) electrons. The fourth-order valence-corrected chi connectivity index (χ4v) is 6.17. The van der Waals surface area contributed by atoms with E-state index < -0.39 is 24.5 Å². The molecule has 2 bridgehead atoms. The zero-order valence-corrected chi connectivity index (χ0v) is 20.5. The van der Waals surface area contributed by atoms with Crippen LogP contribution in [0.25, 0.3) is 0 Å². The second-order valence-electron chi connectivity index (χ2n) is 9.31. The van der Waals surface area contributed by atoms with Crippen molar-refractivity contribution < 1.29 is 23.9 Å². The van der Waals surface area contributed by atoms with Gasteiger partial charge in [-0.15, -0.1) is 0 Å². The van der Waals surface area contributed by atoms with Crippen molar-refractivity contribution in [3.05, 3.63) is 27.2 Å². The molecule has 1 N–H and O–H groups in total. The minimum absolute atomic E-state index is 0.238. The van der Waals surface area contributed by atoms with Crippen LogP contribution in [0, 0.1) is 36.5 Å². The highest BCUT2D eigenvalue weighted by atomic mass is 79.9. The molecule has 4 rings (SSSR count). The molecule has 1 aliphatic heterocycles. The lowest BCUT2D eigenvalue weighted by Crippen LogP contribution is -2.50. The Morgan fingerprint density at radius 1 is 1.19 bits per heavy atom. The van der Waals surface area contributed by atoms with Crippen molar-refractivity contribution in [3.63, 3.8) is 0 Å². The fourth-order valence-electron chi connectivity index (χ4n) is 5.58. The van der Waals surface area contributed by atoms with Crippen LogP contribution in [-0.2, 0) is 23.9 Å². The van der Waals surface area contributed by atoms with Crippen molar-refractivity contribution in [2.75, 3.05) is 11.9 Å². The molecular weight excluding hydrogens is 500 g/mol. The number of hydrogen-bond donors (Lipinski definition) is 1. The smallest absolute Gasteiger partial charge is 0.330 e. The summed E-state index contributed by atoms with van der Waals surface area (Å²) in [4.78, 5) is 52.6. The van der Waals surface area contributed by atoms with Crippen molar-refractivity contribution in [1.82, 2.24) is 4.90 Å². The van der Waals surface area contributed by atoms with E-state index in [4.69, 9.17) is 16.3 Å². The number of fused-ring (bicyclic) bond motifs is 5. The summed E-state index contributed by atoms with van der Waals surface area (Å²) in [7, 11) is 0. The molecule has 0 spiro atoms. The minimum Gasteiger partial charge on any atom is -0.454 e. The van der Waals surface area contributed by atoms with Crippen LogP contribution in [0.3, 0.4) is 0 Å². The quantitative estimate of drug-likeness (QED) is 0.448. The van der Waals surface area contributed by atoms with Gasteiger partial charge < -0.3 is 10.1 Å². The Morgan fingerprint density at radius 2 is 1.78 bits per heavy atom. The third-order valence-corrected chi connectivity index (χ3v) is 8.45. The summed E-state index contributed by atoms with van der Waals surface area (Å²) >= 11 is 9.51. The number of esters is 1. The Hall–Kier alpha value is -1.93. The topological polar surface area (TPSA) is 92.8 Å². The first kappa shape index (κ1) is 23.2. The van der Waals surface area contributed by atoms with Gasteiger partial charge in [-0.2, -0.15) is 0 Å². The third-order valence-electron chi connectivity index (χ3n) is 7.07. The first-order chi connectivity index (χ1) is 15.1. The first-order valence-corrected chi connectivity index (χ1v) is 12.1. The van der Waals surface area contributed by atoms with E-state index in [2.05, 4.69) is 21.2 Å². The third kappa shape index (κ3) is 3.85. The van der Waals surface area contributed by atoms with Crippen LogP contribution in [0.15, 0.2) is 16.6 Å². The number of likely N-dealkylation sites (tertiary alicyclic amines) is 1. The van der Waals surface area contributed by atoms with E-state index in [1.807, 2.05) is 0 Å². The largest absolute Gasteiger partial charge is 0.454 e. The highest BCUT2D eigenvalue weighted by molar-refractivity contribution is 9.10. The number of imide groups is 1. The van der Waals surface area contributed by atoms with Crippen molar-refractivity contribution >= 4 is 56.9 Å². The molecule has 3 amide bonds. The van der Waals surface area contributed by atoms with E-state index in [1.165, 1.54) is 0 Å². The number of amides is 3. The van der Waals surface area contributed by atoms with Gasteiger partial charge >= 0.3 is 5.97 Å². The molecule has 2 aliphatic carbocycles. The van der Waals surface area contributed by atoms with Gasteiger partial charge in [0.1, 0.15) is 6.04 Å². The Balaban J connectivity index is 1.42. The van der Waals surface area contributed by atoms with Gasteiger partial charge in [0, 0.05) is 10.2 Å². The van der Waals surface area contributed by atoms with Crippen molar-refractivity contribution in [2.24, 2.45) is 29.6 Å². The van der Waals surface area contributed by atoms with Gasteiger partial charge in [0.15, 0.2) is 6.61 Å². The van der Waals surface area contributed by atoms with E-state index in [0.29, 0.717) is 20.7 Å². The molecule has 0 aromatic heterocycles. The highest BCUT2D eigenvalue weighted by Gasteiger charge is 2.62. The van der Waals surface area contributed by atoms with Crippen LogP contribution in [0.5, 0.6) is 0 Å². The maximum absolute atomic E-state index is 13.1. The number of nitrogens with zero attached hydrogens (tertiary/aromatic N) is 1. The zero-order valence-electron chi connectivity index (χ0n) is 18.2. The molecule has 1 aromatic rings. The monoisotopic (exact) mass is 524 g/mol. The summed E-state index contributed by atoms with van der Waals surface area (Å²) in [6.07, 6.45) is 2.86. The summed E-state index contributed by atoms with van der Waals surface area (Å²) < 4.78 is 5.96. The molecule has 2 saturated carbocycles. The van der Waals surface area contributed by atoms with Crippen LogP contribution in [0.1, 0.15) is 38.7 Å². The summed E-state index contributed by atoms with van der Waals surface area (Å²) in [6, 6.07) is 2.37. The van der Waals surface area contributed by atoms with Gasteiger partial charge in [-0.1, -0.05) is 25.4 Å². The van der Waals surface area contributed by atoms with Gasteiger partial charge in [-0.05, 0) is 77.6 Å². The molecule has 32 heavy (non-hydrogen) atoms. The van der Waals surface area contributed by atoms with E-state index >= 15 is 0 Å². The van der Waals surface area contributed by atoms with Crippen LogP contribution in [0.4, 0.5) is 5.69 Å². The Bertz CT molecular complexity index is 969. The van der Waals surface area contributed by atoms with Gasteiger partial charge in [0.2, 0.25) is 11.8 Å². The number of rotatable bonds is 6. The van der Waals surface area contributed by atoms with E-state index in [-0.39, 0.29) is 41.4 Å². The molecule has 172 valence electrons. The van der Waals surface area contributed by atoms with Crippen LogP contribution < -0.4 is 5.32 Å². The Kier molecular flexibility index (Phi) is 6.38. The predicted octanol–water partition coefficient (Wildman–Crippen LogP) is 3.95. The van der Waals surface area contributed by atoms with Crippen molar-refractivity contribution in [2.45, 2.75) is 46.1 Å². The number of ether oxygens (including phenoxy) is 1. The number of hydrogen-bond acceptors (Lipinski definition) is 5. The molecule has 1 saturated heterocycles. The lowest BCUT2D eigenvalue weighted by atomic mass is 9.81. The lowest BCUT2D eigenvalue weighted by molar-refractivity contribution is -0.162. The molecule has 5 atom stereocenters. The SMILES string of the molecule is Cc1c(NC(=O)COC(=O)[C@H](C(C)C)N2C(=O)[C@@H]3[C@H]4CC[C@@H](C4)[C@@H]3C2=O)ccc(Br)c1Cl. The van der Waals surface area contributed by atoms with E-state index in [0.717, 1.165) is 24.2 Å². The van der Waals surface area contributed by atoms with Crippen molar-refractivity contribution in [3.8, 4) is 0 Å². The minimum atomic E-state index is -1.03. The van der Waals surface area contributed by atoms with Crippen LogP contribution >= 0.6 is 27.5 Å². The summed E-state index contributed by atoms with van der Waals surface area (Å²) in [5.41, 5.74) is 1.18. The van der Waals surface area contributed by atoms with Crippen LogP contribution in [0.2, 0.25) is 5.02 Å². The average Bonchev–Trinajstić information content (AvgIpc) is 3.42. The van der Waals surface area contributed by atoms with Gasteiger partial charge in [-0.3, -0.25) is 19.3 Å². The molecule has 3 aliphatic rings. The average molecular weight is 526 g/mol. The fraction of sp³-hybridized carbons (Fsp3) is 0.565. The standard InChI is InChI=1S/C23H26BrClN2O5/c1-10(2)20(27-21(29)17-12-4-5-13(8-12)18(17)22(27)30)23(31)32-9-16(28)26-15-7-6-14(24)19(25)11(15)3/h6-7,10,12-13,17-18,20H,4-5,8-9H2,1-3H3,(H,26,28)/t12-,13-,17-,18+,20-/m0/s1. The normalized spacial score (nSPS) is 27.1. The second kappa shape index (κ2) is 8.78. The Morgan fingerprint density at radius 3 is 2.34 bits per heavy atom. The number of anilines is 1. The molecule has 1 heterocycles. The first-order valence-electron chi connectivity index (χ1n) is 10.9. The Labute approximate surface area is 200 Å². The molecule has 0 unspecified atom stereocenters. The molecule has 7 nitrogen and oxygen atoms in total. The molecular formula is C23H26BrClN2O5. The van der Waals surface area contributed by atoms with Gasteiger partial charge in [0.05, 0.1) is 16.9 Å². The molecule has 1 aromatic carbocycles. The summed E-state index contributed by atoms with van der Waals surface area (Å²) in [6.45, 7) is 4.77. The van der Waals surface area contributed by atoms with Gasteiger partial charge in [-0.25, -0.2) is 4.79 Å². The number of carbonyl (C=O) groups is 4. The zero-order chi connectivity index (χ0) is 23.3. The molecule has 3 fully saturated rings. The summed E-state index contributed by atoms with van der Waals surface area (Å²) in [5.74, 6) is -2.25. The number of carbonyl (C=O) groups excluding carboxylic acids is 4. The number of halogens is 2. The number of benzene rings is 1. The predicted molar refractivity (Wildman–Crippen MR) is 122 cm³/mol.